The van der Waals surface area contributed by atoms with E-state index in [4.69, 9.17) is 9.47 Å². The highest BCUT2D eigenvalue weighted by Gasteiger charge is 2.47. The van der Waals surface area contributed by atoms with Gasteiger partial charge in [-0.05, 0) is 34.2 Å². The van der Waals surface area contributed by atoms with E-state index in [1.54, 1.807) is 0 Å². The highest BCUT2D eigenvalue weighted by atomic mass is 16.5. The van der Waals surface area contributed by atoms with E-state index in [0.29, 0.717) is 13.1 Å². The Balaban J connectivity index is 1.21. The number of fused-ring (bicyclic) bond motifs is 3. The molecule has 5 rings (SSSR count). The summed E-state index contributed by atoms with van der Waals surface area (Å²) in [6.45, 7) is 1.18. The van der Waals surface area contributed by atoms with Crippen LogP contribution in [0.1, 0.15) is 29.0 Å². The van der Waals surface area contributed by atoms with E-state index in [1.165, 1.54) is 7.11 Å². The maximum atomic E-state index is 13.2. The average molecular weight is 544 g/mol. The molecule has 9 heteroatoms. The molecule has 1 heterocycles. The molecule has 3 aromatic carbocycles. The van der Waals surface area contributed by atoms with E-state index in [0.717, 1.165) is 27.8 Å². The number of nitrogens with one attached hydrogen (secondary N) is 2. The Kier molecular flexibility index (Phi) is 8.14. The summed E-state index contributed by atoms with van der Waals surface area (Å²) in [5.41, 5.74) is 3.96. The van der Waals surface area contributed by atoms with E-state index >= 15 is 0 Å². The lowest BCUT2D eigenvalue weighted by Crippen LogP contribution is -2.61. The van der Waals surface area contributed by atoms with Crippen molar-refractivity contribution in [2.45, 2.75) is 30.5 Å². The molecule has 40 heavy (non-hydrogen) atoms. The topological polar surface area (TPSA) is 117 Å². The molecule has 2 atom stereocenters. The molecule has 1 aliphatic heterocycles. The van der Waals surface area contributed by atoms with Crippen LogP contribution in [0.15, 0.2) is 78.9 Å². The molecule has 1 saturated heterocycles. The Bertz CT molecular complexity index is 1330. The van der Waals surface area contributed by atoms with Crippen molar-refractivity contribution >= 4 is 18.0 Å². The molecule has 0 radical (unpaired) electrons. The number of methoxy groups -OCH3 is 1. The molecule has 0 spiro atoms. The fourth-order valence-electron chi connectivity index (χ4n) is 5.65. The Labute approximate surface area is 233 Å². The number of rotatable bonds is 10. The maximum Gasteiger partial charge on any atom is 0.407 e. The maximum absolute atomic E-state index is 13.2. The van der Waals surface area contributed by atoms with E-state index in [2.05, 4.69) is 22.8 Å². The van der Waals surface area contributed by atoms with Crippen LogP contribution in [0.25, 0.3) is 11.1 Å². The SMILES string of the molecule is COCC(NC(=O)OCC1c2ccccc2-c2ccccc21)C(=O)NC1(C(=O)O)CCN(Cc2ccccc2)C1. The third-order valence-electron chi connectivity index (χ3n) is 7.65. The van der Waals surface area contributed by atoms with Crippen LogP contribution in [-0.4, -0.2) is 73.0 Å². The van der Waals surface area contributed by atoms with E-state index in [9.17, 15) is 19.5 Å². The Morgan fingerprint density at radius 2 is 1.60 bits per heavy atom. The lowest BCUT2D eigenvalue weighted by atomic mass is 9.98. The molecule has 3 aromatic rings. The molecular weight excluding hydrogens is 510 g/mol. The molecule has 1 aliphatic carbocycles. The lowest BCUT2D eigenvalue weighted by molar-refractivity contribution is -0.147. The van der Waals surface area contributed by atoms with Gasteiger partial charge in [-0.1, -0.05) is 78.9 Å². The first-order chi connectivity index (χ1) is 19.4. The number of ether oxygens (including phenoxy) is 2. The first kappa shape index (κ1) is 27.4. The zero-order valence-corrected chi connectivity index (χ0v) is 22.3. The van der Waals surface area contributed by atoms with Crippen molar-refractivity contribution in [3.8, 4) is 11.1 Å². The van der Waals surface area contributed by atoms with Gasteiger partial charge in [-0.3, -0.25) is 9.69 Å². The largest absolute Gasteiger partial charge is 0.479 e. The zero-order chi connectivity index (χ0) is 28.1. The highest BCUT2D eigenvalue weighted by Crippen LogP contribution is 2.44. The van der Waals surface area contributed by atoms with Crippen molar-refractivity contribution in [2.24, 2.45) is 0 Å². The third-order valence-corrected chi connectivity index (χ3v) is 7.65. The summed E-state index contributed by atoms with van der Waals surface area (Å²) in [6, 6.07) is 24.6. The normalized spacial score (nSPS) is 18.9. The van der Waals surface area contributed by atoms with Crippen LogP contribution in [0, 0.1) is 0 Å². The third kappa shape index (κ3) is 5.71. The summed E-state index contributed by atoms with van der Waals surface area (Å²) in [6.07, 6.45) is -0.536. The standard InChI is InChI=1S/C31H33N3O6/c1-39-19-27(28(35)33-31(29(36)37)15-16-34(20-31)17-21-9-3-2-4-10-21)32-30(38)40-18-26-24-13-7-5-11-22(24)23-12-6-8-14-25(23)26/h2-14,26-27H,15-20H2,1H3,(H,32,38)(H,33,35)(H,36,37). The molecule has 9 nitrogen and oxygen atoms in total. The average Bonchev–Trinajstić information content (AvgIpc) is 3.51. The van der Waals surface area contributed by atoms with Crippen LogP contribution in [0.3, 0.4) is 0 Å². The van der Waals surface area contributed by atoms with Crippen LogP contribution >= 0.6 is 0 Å². The molecule has 0 aromatic heterocycles. The number of carbonyl (C=O) groups excluding carboxylic acids is 2. The minimum atomic E-state index is -1.47. The number of amides is 2. The number of carboxylic acid groups (broad SMARTS) is 1. The summed E-state index contributed by atoms with van der Waals surface area (Å²) in [7, 11) is 1.41. The lowest BCUT2D eigenvalue weighted by Gasteiger charge is -2.28. The first-order valence-corrected chi connectivity index (χ1v) is 13.3. The summed E-state index contributed by atoms with van der Waals surface area (Å²) in [5, 5.41) is 15.3. The predicted octanol–water partition coefficient (Wildman–Crippen LogP) is 3.39. The Hall–Kier alpha value is -4.21. The van der Waals surface area contributed by atoms with Gasteiger partial charge in [0.15, 0.2) is 5.54 Å². The van der Waals surface area contributed by atoms with Gasteiger partial charge in [-0.25, -0.2) is 9.59 Å². The van der Waals surface area contributed by atoms with E-state index < -0.39 is 29.6 Å². The first-order valence-electron chi connectivity index (χ1n) is 13.3. The number of carbonyl (C=O) groups is 3. The van der Waals surface area contributed by atoms with Gasteiger partial charge in [-0.15, -0.1) is 0 Å². The van der Waals surface area contributed by atoms with Gasteiger partial charge in [0.05, 0.1) is 6.61 Å². The van der Waals surface area contributed by atoms with Crippen molar-refractivity contribution in [3.05, 3.63) is 95.6 Å². The van der Waals surface area contributed by atoms with Crippen LogP contribution in [0.5, 0.6) is 0 Å². The number of hydrogen-bond acceptors (Lipinski definition) is 6. The van der Waals surface area contributed by atoms with Crippen molar-refractivity contribution in [1.29, 1.82) is 0 Å². The van der Waals surface area contributed by atoms with E-state index in [-0.39, 0.29) is 32.1 Å². The number of benzene rings is 3. The van der Waals surface area contributed by atoms with Crippen molar-refractivity contribution in [3.63, 3.8) is 0 Å². The highest BCUT2D eigenvalue weighted by molar-refractivity contribution is 5.92. The molecule has 208 valence electrons. The molecule has 2 unspecified atom stereocenters. The summed E-state index contributed by atoms with van der Waals surface area (Å²) < 4.78 is 10.7. The molecule has 0 bridgehead atoms. The summed E-state index contributed by atoms with van der Waals surface area (Å²) >= 11 is 0. The number of carboxylic acids is 1. The molecular formula is C31H33N3O6. The minimum Gasteiger partial charge on any atom is -0.479 e. The predicted molar refractivity (Wildman–Crippen MR) is 149 cm³/mol. The fraction of sp³-hybridized carbons (Fsp3) is 0.323. The summed E-state index contributed by atoms with van der Waals surface area (Å²) in [5.74, 6) is -1.88. The van der Waals surface area contributed by atoms with Crippen LogP contribution in [0.4, 0.5) is 4.79 Å². The second kappa shape index (κ2) is 11.9. The fourth-order valence-corrected chi connectivity index (χ4v) is 5.65. The second-order valence-corrected chi connectivity index (χ2v) is 10.3. The zero-order valence-electron chi connectivity index (χ0n) is 22.3. The van der Waals surface area contributed by atoms with Gasteiger partial charge in [0, 0.05) is 32.7 Å². The van der Waals surface area contributed by atoms with Gasteiger partial charge in [0.1, 0.15) is 12.6 Å². The Morgan fingerprint density at radius 1 is 0.975 bits per heavy atom. The van der Waals surface area contributed by atoms with Gasteiger partial charge in [0.25, 0.3) is 0 Å². The minimum absolute atomic E-state index is 0.0920. The van der Waals surface area contributed by atoms with Crippen molar-refractivity contribution in [2.75, 3.05) is 33.4 Å². The molecule has 2 aliphatic rings. The van der Waals surface area contributed by atoms with Crippen LogP contribution in [0.2, 0.25) is 0 Å². The monoisotopic (exact) mass is 543 g/mol. The molecule has 3 N–H and O–H groups in total. The molecule has 0 saturated carbocycles. The summed E-state index contributed by atoms with van der Waals surface area (Å²) in [4.78, 5) is 40.4. The van der Waals surface area contributed by atoms with Crippen LogP contribution in [-0.2, 0) is 25.6 Å². The van der Waals surface area contributed by atoms with E-state index in [1.807, 2.05) is 71.6 Å². The van der Waals surface area contributed by atoms with Gasteiger partial charge in [-0.2, -0.15) is 0 Å². The van der Waals surface area contributed by atoms with Gasteiger partial charge >= 0.3 is 12.1 Å². The quantitative estimate of drug-likeness (QED) is 0.359. The Morgan fingerprint density at radius 3 is 2.23 bits per heavy atom. The molecule has 2 amide bonds. The number of alkyl carbamates (subject to hydrolysis) is 1. The van der Waals surface area contributed by atoms with Crippen molar-refractivity contribution in [1.82, 2.24) is 15.5 Å². The number of nitrogens with zero attached hydrogens (tertiary/aromatic N) is 1. The van der Waals surface area contributed by atoms with Crippen LogP contribution < -0.4 is 10.6 Å². The van der Waals surface area contributed by atoms with Gasteiger partial charge < -0.3 is 25.2 Å². The number of aliphatic carboxylic acids is 1. The smallest absolute Gasteiger partial charge is 0.407 e. The molecule has 1 fully saturated rings. The number of likely N-dealkylation sites (tertiary alicyclic amines) is 1. The number of hydrogen-bond donors (Lipinski definition) is 3. The second-order valence-electron chi connectivity index (χ2n) is 10.3. The van der Waals surface area contributed by atoms with Crippen molar-refractivity contribution < 1.29 is 29.0 Å². The van der Waals surface area contributed by atoms with Gasteiger partial charge in [0.2, 0.25) is 5.91 Å².